The number of hydrogen-bond acceptors (Lipinski definition) is 6. The fraction of sp³-hybridized carbons (Fsp3) is 0.474. The number of benzene rings is 1. The summed E-state index contributed by atoms with van der Waals surface area (Å²) in [6.45, 7) is 10.3. The second kappa shape index (κ2) is 9.12. The Morgan fingerprint density at radius 1 is 1.23 bits per heavy atom. The number of carbonyl (C=O) groups is 1. The van der Waals surface area contributed by atoms with Crippen molar-refractivity contribution in [3.8, 4) is 0 Å². The van der Waals surface area contributed by atoms with Crippen molar-refractivity contribution in [3.05, 3.63) is 40.3 Å². The molecule has 0 unspecified atom stereocenters. The van der Waals surface area contributed by atoms with Crippen LogP contribution in [0.15, 0.2) is 29.6 Å². The number of ether oxygens (including phenoxy) is 1. The number of amides is 1. The zero-order valence-electron chi connectivity index (χ0n) is 15.4. The second-order valence-corrected chi connectivity index (χ2v) is 7.13. The number of carbonyl (C=O) groups excluding carboxylic acids is 1. The van der Waals surface area contributed by atoms with Gasteiger partial charge >= 0.3 is 0 Å². The minimum Gasteiger partial charge on any atom is -0.379 e. The van der Waals surface area contributed by atoms with Crippen LogP contribution in [0.3, 0.4) is 0 Å². The van der Waals surface area contributed by atoms with Gasteiger partial charge in [0.2, 0.25) is 0 Å². The van der Waals surface area contributed by atoms with Crippen LogP contribution in [0.5, 0.6) is 0 Å². The number of rotatable bonds is 7. The van der Waals surface area contributed by atoms with Crippen molar-refractivity contribution >= 4 is 28.6 Å². The molecule has 6 nitrogen and oxygen atoms in total. The lowest BCUT2D eigenvalue weighted by atomic mass is 10.2. The van der Waals surface area contributed by atoms with E-state index in [1.165, 1.54) is 11.3 Å². The predicted molar refractivity (Wildman–Crippen MR) is 106 cm³/mol. The van der Waals surface area contributed by atoms with E-state index in [9.17, 15) is 4.79 Å². The van der Waals surface area contributed by atoms with E-state index in [4.69, 9.17) is 4.74 Å². The lowest BCUT2D eigenvalue weighted by Crippen LogP contribution is -2.35. The Morgan fingerprint density at radius 3 is 2.58 bits per heavy atom. The highest BCUT2D eigenvalue weighted by molar-refractivity contribution is 7.09. The Kier molecular flexibility index (Phi) is 6.60. The third-order valence-electron chi connectivity index (χ3n) is 4.50. The summed E-state index contributed by atoms with van der Waals surface area (Å²) in [5.74, 6) is -0.162. The third kappa shape index (κ3) is 4.81. The molecule has 1 aromatic heterocycles. The molecule has 0 spiro atoms. The van der Waals surface area contributed by atoms with Crippen molar-refractivity contribution in [2.75, 3.05) is 49.6 Å². The molecule has 1 fully saturated rings. The summed E-state index contributed by atoms with van der Waals surface area (Å²) in [6.07, 6.45) is 0. The first kappa shape index (κ1) is 18.8. The Morgan fingerprint density at radius 2 is 1.92 bits per heavy atom. The molecule has 0 aliphatic carbocycles. The van der Waals surface area contributed by atoms with Gasteiger partial charge in [0.25, 0.3) is 5.91 Å². The van der Waals surface area contributed by atoms with Gasteiger partial charge in [-0.1, -0.05) is 0 Å². The van der Waals surface area contributed by atoms with Crippen LogP contribution in [-0.2, 0) is 11.3 Å². The van der Waals surface area contributed by atoms with Gasteiger partial charge in [-0.05, 0) is 38.1 Å². The lowest BCUT2D eigenvalue weighted by Gasteiger charge is -2.25. The van der Waals surface area contributed by atoms with Crippen molar-refractivity contribution < 1.29 is 9.53 Å². The molecule has 3 rings (SSSR count). The molecule has 26 heavy (non-hydrogen) atoms. The summed E-state index contributed by atoms with van der Waals surface area (Å²) in [5.41, 5.74) is 2.43. The van der Waals surface area contributed by atoms with E-state index < -0.39 is 0 Å². The Balaban J connectivity index is 1.57. The Labute approximate surface area is 158 Å². The highest BCUT2D eigenvalue weighted by Gasteiger charge is 2.15. The molecule has 2 heterocycles. The minimum atomic E-state index is -0.162. The Bertz CT molecular complexity index is 707. The SMILES string of the molecule is CCN(CC)c1ccc(NC(=O)c2csc(CN3CCOCC3)n2)cc1. The number of nitrogens with zero attached hydrogens (tertiary/aromatic N) is 3. The number of hydrogen-bond donors (Lipinski definition) is 1. The molecule has 0 atom stereocenters. The molecule has 0 radical (unpaired) electrons. The summed E-state index contributed by atoms with van der Waals surface area (Å²) >= 11 is 1.53. The van der Waals surface area contributed by atoms with E-state index in [-0.39, 0.29) is 5.91 Å². The fourth-order valence-corrected chi connectivity index (χ4v) is 3.79. The number of morpholine rings is 1. The van der Waals surface area contributed by atoms with Gasteiger partial charge < -0.3 is 15.0 Å². The second-order valence-electron chi connectivity index (χ2n) is 6.19. The van der Waals surface area contributed by atoms with E-state index >= 15 is 0 Å². The number of aromatic nitrogens is 1. The van der Waals surface area contributed by atoms with Gasteiger partial charge in [-0.25, -0.2) is 4.98 Å². The van der Waals surface area contributed by atoms with Crippen molar-refractivity contribution in [2.24, 2.45) is 0 Å². The summed E-state index contributed by atoms with van der Waals surface area (Å²) in [6, 6.07) is 7.94. The largest absolute Gasteiger partial charge is 0.379 e. The van der Waals surface area contributed by atoms with Crippen molar-refractivity contribution in [1.29, 1.82) is 0 Å². The van der Waals surface area contributed by atoms with Gasteiger partial charge in [-0.15, -0.1) is 11.3 Å². The molecule has 1 N–H and O–H groups in total. The maximum atomic E-state index is 12.4. The molecule has 1 aliphatic rings. The van der Waals surface area contributed by atoms with Crippen LogP contribution in [0.1, 0.15) is 29.3 Å². The summed E-state index contributed by atoms with van der Waals surface area (Å²) < 4.78 is 5.36. The van der Waals surface area contributed by atoms with Crippen LogP contribution in [0.2, 0.25) is 0 Å². The van der Waals surface area contributed by atoms with Crippen molar-refractivity contribution in [1.82, 2.24) is 9.88 Å². The number of thiazole rings is 1. The molecule has 1 amide bonds. The third-order valence-corrected chi connectivity index (χ3v) is 5.33. The van der Waals surface area contributed by atoms with Crippen LogP contribution in [0.25, 0.3) is 0 Å². The lowest BCUT2D eigenvalue weighted by molar-refractivity contribution is 0.0341. The van der Waals surface area contributed by atoms with Crippen molar-refractivity contribution in [3.63, 3.8) is 0 Å². The molecule has 1 aromatic carbocycles. The topological polar surface area (TPSA) is 57.7 Å². The van der Waals surface area contributed by atoms with E-state index in [0.717, 1.165) is 62.3 Å². The normalized spacial score (nSPS) is 15.0. The van der Waals surface area contributed by atoms with E-state index in [1.54, 1.807) is 0 Å². The quantitative estimate of drug-likeness (QED) is 0.807. The molecular formula is C19H26N4O2S. The molecule has 2 aromatic rings. The van der Waals surface area contributed by atoms with Gasteiger partial charge in [0, 0.05) is 42.9 Å². The van der Waals surface area contributed by atoms with E-state index in [1.807, 2.05) is 29.6 Å². The number of nitrogens with one attached hydrogen (secondary N) is 1. The zero-order chi connectivity index (χ0) is 18.4. The average Bonchev–Trinajstić information content (AvgIpc) is 3.13. The highest BCUT2D eigenvalue weighted by Crippen LogP contribution is 2.19. The molecule has 0 saturated carbocycles. The smallest absolute Gasteiger partial charge is 0.275 e. The van der Waals surface area contributed by atoms with Crippen molar-refractivity contribution in [2.45, 2.75) is 20.4 Å². The summed E-state index contributed by atoms with van der Waals surface area (Å²) in [7, 11) is 0. The average molecular weight is 375 g/mol. The summed E-state index contributed by atoms with van der Waals surface area (Å²) in [4.78, 5) is 21.5. The molecule has 0 bridgehead atoms. The predicted octanol–water partition coefficient (Wildman–Crippen LogP) is 3.07. The van der Waals surface area contributed by atoms with Crippen LogP contribution < -0.4 is 10.2 Å². The van der Waals surface area contributed by atoms with Crippen LogP contribution in [0, 0.1) is 0 Å². The maximum absolute atomic E-state index is 12.4. The fourth-order valence-electron chi connectivity index (χ4n) is 2.98. The van der Waals surface area contributed by atoms with Crippen LogP contribution >= 0.6 is 11.3 Å². The van der Waals surface area contributed by atoms with Crippen LogP contribution in [0.4, 0.5) is 11.4 Å². The van der Waals surface area contributed by atoms with Crippen LogP contribution in [-0.4, -0.2) is 55.2 Å². The van der Waals surface area contributed by atoms with E-state index in [0.29, 0.717) is 5.69 Å². The molecule has 140 valence electrons. The van der Waals surface area contributed by atoms with Gasteiger partial charge in [-0.3, -0.25) is 9.69 Å². The first-order valence-corrected chi connectivity index (χ1v) is 9.98. The van der Waals surface area contributed by atoms with Gasteiger partial charge in [0.15, 0.2) is 0 Å². The van der Waals surface area contributed by atoms with Gasteiger partial charge in [0.1, 0.15) is 10.7 Å². The minimum absolute atomic E-state index is 0.162. The maximum Gasteiger partial charge on any atom is 0.275 e. The first-order valence-electron chi connectivity index (χ1n) is 9.10. The summed E-state index contributed by atoms with van der Waals surface area (Å²) in [5, 5.41) is 5.73. The Hall–Kier alpha value is -1.96. The standard InChI is InChI=1S/C19H26N4O2S/c1-3-23(4-2)16-7-5-15(6-8-16)20-19(24)17-14-26-18(21-17)13-22-9-11-25-12-10-22/h5-8,14H,3-4,9-13H2,1-2H3,(H,20,24). The molecule has 1 saturated heterocycles. The van der Waals surface area contributed by atoms with Gasteiger partial charge in [0.05, 0.1) is 19.8 Å². The van der Waals surface area contributed by atoms with Gasteiger partial charge in [-0.2, -0.15) is 0 Å². The highest BCUT2D eigenvalue weighted by atomic mass is 32.1. The van der Waals surface area contributed by atoms with E-state index in [2.05, 4.69) is 33.9 Å². The molecule has 7 heteroatoms. The zero-order valence-corrected chi connectivity index (χ0v) is 16.2. The first-order chi connectivity index (χ1) is 12.7. The number of anilines is 2. The molecular weight excluding hydrogens is 348 g/mol. The molecule has 1 aliphatic heterocycles. The monoisotopic (exact) mass is 374 g/mol.